The average Bonchev–Trinajstić information content (AvgIpc) is 3.10. The molecular formula is C14H11N3O3. The highest BCUT2D eigenvalue weighted by atomic mass is 16.5. The van der Waals surface area contributed by atoms with Gasteiger partial charge in [0, 0.05) is 11.3 Å². The van der Waals surface area contributed by atoms with Gasteiger partial charge < -0.3 is 14.3 Å². The molecule has 100 valence electrons. The Morgan fingerprint density at radius 3 is 2.85 bits per heavy atom. The van der Waals surface area contributed by atoms with Crippen LogP contribution >= 0.6 is 0 Å². The fourth-order valence-corrected chi connectivity index (χ4v) is 1.74. The molecule has 0 atom stereocenters. The Morgan fingerprint density at radius 1 is 1.25 bits per heavy atom. The van der Waals surface area contributed by atoms with Gasteiger partial charge in [-0.15, -0.1) is 0 Å². The monoisotopic (exact) mass is 269 g/mol. The van der Waals surface area contributed by atoms with Crippen LogP contribution in [0.25, 0.3) is 11.5 Å². The predicted molar refractivity (Wildman–Crippen MR) is 71.1 cm³/mol. The quantitative estimate of drug-likeness (QED) is 0.790. The van der Waals surface area contributed by atoms with E-state index < -0.39 is 0 Å². The van der Waals surface area contributed by atoms with Gasteiger partial charge >= 0.3 is 0 Å². The van der Waals surface area contributed by atoms with Crippen LogP contribution in [0, 0.1) is 6.92 Å². The van der Waals surface area contributed by atoms with E-state index in [-0.39, 0.29) is 11.7 Å². The number of nitrogens with one attached hydrogen (secondary N) is 1. The Kier molecular flexibility index (Phi) is 3.04. The second kappa shape index (κ2) is 5.00. The molecule has 0 aliphatic carbocycles. The zero-order chi connectivity index (χ0) is 13.9. The van der Waals surface area contributed by atoms with Gasteiger partial charge in [-0.2, -0.15) is 4.98 Å². The summed E-state index contributed by atoms with van der Waals surface area (Å²) in [6, 6.07) is 10.4. The normalized spacial score (nSPS) is 10.4. The minimum Gasteiger partial charge on any atom is -0.459 e. The Hall–Kier alpha value is -2.89. The number of anilines is 1. The van der Waals surface area contributed by atoms with Crippen molar-refractivity contribution in [2.75, 3.05) is 5.32 Å². The largest absolute Gasteiger partial charge is 0.459 e. The Bertz CT molecular complexity index is 732. The van der Waals surface area contributed by atoms with Crippen LogP contribution in [0.15, 0.2) is 51.6 Å². The van der Waals surface area contributed by atoms with Crippen LogP contribution in [-0.2, 0) is 0 Å². The van der Waals surface area contributed by atoms with E-state index in [1.165, 1.54) is 6.26 Å². The molecule has 3 rings (SSSR count). The standard InChI is InChI=1S/C14H11N3O3/c1-9-15-14(20-17-9)10-4-2-5-11(8-10)16-13(18)12-6-3-7-19-12/h2-8H,1H3,(H,16,18). The van der Waals surface area contributed by atoms with Gasteiger partial charge in [-0.25, -0.2) is 0 Å². The Morgan fingerprint density at radius 2 is 2.15 bits per heavy atom. The van der Waals surface area contributed by atoms with E-state index in [0.29, 0.717) is 17.4 Å². The van der Waals surface area contributed by atoms with Crippen molar-refractivity contribution in [2.45, 2.75) is 6.92 Å². The maximum atomic E-state index is 11.9. The lowest BCUT2D eigenvalue weighted by atomic mass is 10.2. The van der Waals surface area contributed by atoms with E-state index in [1.807, 2.05) is 6.07 Å². The molecule has 0 bridgehead atoms. The lowest BCUT2D eigenvalue weighted by Crippen LogP contribution is -2.10. The van der Waals surface area contributed by atoms with Gasteiger partial charge in [0.1, 0.15) is 0 Å². The fourth-order valence-electron chi connectivity index (χ4n) is 1.74. The van der Waals surface area contributed by atoms with Crippen molar-refractivity contribution in [3.63, 3.8) is 0 Å². The molecular weight excluding hydrogens is 258 g/mol. The van der Waals surface area contributed by atoms with E-state index in [0.717, 1.165) is 5.56 Å². The maximum Gasteiger partial charge on any atom is 0.291 e. The Labute approximate surface area is 114 Å². The van der Waals surface area contributed by atoms with Crippen molar-refractivity contribution in [2.24, 2.45) is 0 Å². The first-order chi connectivity index (χ1) is 9.72. The summed E-state index contributed by atoms with van der Waals surface area (Å²) >= 11 is 0. The van der Waals surface area contributed by atoms with Crippen molar-refractivity contribution >= 4 is 11.6 Å². The lowest BCUT2D eigenvalue weighted by Gasteiger charge is -2.04. The number of amides is 1. The summed E-state index contributed by atoms with van der Waals surface area (Å²) in [6.07, 6.45) is 1.45. The SMILES string of the molecule is Cc1noc(-c2cccc(NC(=O)c3ccco3)c2)n1. The molecule has 0 spiro atoms. The molecule has 20 heavy (non-hydrogen) atoms. The number of aromatic nitrogens is 2. The second-order valence-corrected chi connectivity index (χ2v) is 4.16. The van der Waals surface area contributed by atoms with Gasteiger partial charge in [-0.05, 0) is 37.3 Å². The highest BCUT2D eigenvalue weighted by Gasteiger charge is 2.11. The van der Waals surface area contributed by atoms with E-state index in [9.17, 15) is 4.79 Å². The van der Waals surface area contributed by atoms with Crippen LogP contribution in [0.2, 0.25) is 0 Å². The highest BCUT2D eigenvalue weighted by Crippen LogP contribution is 2.21. The molecule has 2 aromatic heterocycles. The summed E-state index contributed by atoms with van der Waals surface area (Å²) in [5.74, 6) is 0.916. The smallest absolute Gasteiger partial charge is 0.291 e. The average molecular weight is 269 g/mol. The molecule has 0 aliphatic heterocycles. The molecule has 1 N–H and O–H groups in total. The van der Waals surface area contributed by atoms with Crippen LogP contribution in [0.5, 0.6) is 0 Å². The third kappa shape index (κ3) is 2.44. The number of carbonyl (C=O) groups is 1. The van der Waals surface area contributed by atoms with E-state index >= 15 is 0 Å². The number of furan rings is 1. The molecule has 0 fully saturated rings. The molecule has 6 nitrogen and oxygen atoms in total. The van der Waals surface area contributed by atoms with Crippen LogP contribution < -0.4 is 5.32 Å². The zero-order valence-electron chi connectivity index (χ0n) is 10.7. The van der Waals surface area contributed by atoms with Crippen LogP contribution in [-0.4, -0.2) is 16.0 Å². The number of aryl methyl sites for hydroxylation is 1. The van der Waals surface area contributed by atoms with Gasteiger partial charge in [-0.3, -0.25) is 4.79 Å². The molecule has 2 heterocycles. The lowest BCUT2D eigenvalue weighted by molar-refractivity contribution is 0.0996. The number of nitrogens with zero attached hydrogens (tertiary/aromatic N) is 2. The fraction of sp³-hybridized carbons (Fsp3) is 0.0714. The van der Waals surface area contributed by atoms with Crippen molar-refractivity contribution in [1.82, 2.24) is 10.1 Å². The molecule has 1 amide bonds. The van der Waals surface area contributed by atoms with Gasteiger partial charge in [-0.1, -0.05) is 11.2 Å². The minimum atomic E-state index is -0.311. The zero-order valence-corrected chi connectivity index (χ0v) is 10.7. The summed E-state index contributed by atoms with van der Waals surface area (Å²) in [4.78, 5) is 16.0. The van der Waals surface area contributed by atoms with Gasteiger partial charge in [0.25, 0.3) is 11.8 Å². The Balaban J connectivity index is 1.83. The number of hydrogen-bond acceptors (Lipinski definition) is 5. The summed E-state index contributed by atoms with van der Waals surface area (Å²) in [5, 5.41) is 6.47. The molecule has 0 aliphatic rings. The molecule has 0 saturated carbocycles. The van der Waals surface area contributed by atoms with E-state index in [1.54, 1.807) is 37.3 Å². The first-order valence-electron chi connectivity index (χ1n) is 5.98. The third-order valence-corrected chi connectivity index (χ3v) is 2.64. The molecule has 6 heteroatoms. The summed E-state index contributed by atoms with van der Waals surface area (Å²) in [6.45, 7) is 1.75. The maximum absolute atomic E-state index is 11.9. The molecule has 3 aromatic rings. The van der Waals surface area contributed by atoms with E-state index in [4.69, 9.17) is 8.94 Å². The van der Waals surface area contributed by atoms with Gasteiger partial charge in [0.15, 0.2) is 11.6 Å². The summed E-state index contributed by atoms with van der Waals surface area (Å²) < 4.78 is 10.1. The predicted octanol–water partition coefficient (Wildman–Crippen LogP) is 2.89. The molecule has 0 radical (unpaired) electrons. The number of carbonyl (C=O) groups excluding carboxylic acids is 1. The van der Waals surface area contributed by atoms with Crippen molar-refractivity contribution in [1.29, 1.82) is 0 Å². The first kappa shape index (κ1) is 12.2. The van der Waals surface area contributed by atoms with Crippen molar-refractivity contribution in [3.05, 3.63) is 54.2 Å². The molecule has 0 unspecified atom stereocenters. The van der Waals surface area contributed by atoms with Gasteiger partial charge in [0.2, 0.25) is 0 Å². The molecule has 1 aromatic carbocycles. The minimum absolute atomic E-state index is 0.254. The topological polar surface area (TPSA) is 81.2 Å². The van der Waals surface area contributed by atoms with Gasteiger partial charge in [0.05, 0.1) is 6.26 Å². The summed E-state index contributed by atoms with van der Waals surface area (Å²) in [7, 11) is 0. The van der Waals surface area contributed by atoms with Crippen LogP contribution in [0.1, 0.15) is 16.4 Å². The molecule has 0 saturated heterocycles. The van der Waals surface area contributed by atoms with Crippen molar-refractivity contribution < 1.29 is 13.7 Å². The third-order valence-electron chi connectivity index (χ3n) is 2.64. The van der Waals surface area contributed by atoms with Crippen LogP contribution in [0.3, 0.4) is 0 Å². The number of benzene rings is 1. The number of rotatable bonds is 3. The van der Waals surface area contributed by atoms with Crippen molar-refractivity contribution in [3.8, 4) is 11.5 Å². The second-order valence-electron chi connectivity index (χ2n) is 4.16. The number of hydrogen-bond donors (Lipinski definition) is 1. The van der Waals surface area contributed by atoms with Crippen LogP contribution in [0.4, 0.5) is 5.69 Å². The van der Waals surface area contributed by atoms with E-state index in [2.05, 4.69) is 15.5 Å². The highest BCUT2D eigenvalue weighted by molar-refractivity contribution is 6.02. The summed E-state index contributed by atoms with van der Waals surface area (Å²) in [5.41, 5.74) is 1.36. The first-order valence-corrected chi connectivity index (χ1v) is 5.98.